The Morgan fingerprint density at radius 1 is 1.35 bits per heavy atom. The fourth-order valence-corrected chi connectivity index (χ4v) is 2.83. The number of hydrogen-bond donors (Lipinski definition) is 1. The highest BCUT2D eigenvalue weighted by Crippen LogP contribution is 2.34. The lowest BCUT2D eigenvalue weighted by molar-refractivity contribution is 0.435. The number of aryl methyl sites for hydroxylation is 1. The Morgan fingerprint density at radius 2 is 2.12 bits per heavy atom. The zero-order chi connectivity index (χ0) is 12.1. The molecule has 1 nitrogen and oxygen atoms in total. The summed E-state index contributed by atoms with van der Waals surface area (Å²) in [6, 6.07) is 9.32. The SMILES string of the molecule is CCCNC(CCc1ccccc1Br)C1CC1. The minimum absolute atomic E-state index is 0.738. The number of benzene rings is 1. The third-order valence-electron chi connectivity index (χ3n) is 3.53. The summed E-state index contributed by atoms with van der Waals surface area (Å²) in [4.78, 5) is 0. The first-order valence-electron chi connectivity index (χ1n) is 6.78. The number of halogens is 1. The first-order valence-corrected chi connectivity index (χ1v) is 7.57. The summed E-state index contributed by atoms with van der Waals surface area (Å²) in [5.74, 6) is 0.948. The summed E-state index contributed by atoms with van der Waals surface area (Å²) >= 11 is 3.63. The molecule has 1 N–H and O–H groups in total. The Labute approximate surface area is 113 Å². The summed E-state index contributed by atoms with van der Waals surface area (Å²) in [7, 11) is 0. The minimum atomic E-state index is 0.738. The zero-order valence-corrected chi connectivity index (χ0v) is 12.2. The Morgan fingerprint density at radius 3 is 2.76 bits per heavy atom. The van der Waals surface area contributed by atoms with Gasteiger partial charge in [-0.2, -0.15) is 0 Å². The first kappa shape index (κ1) is 13.1. The van der Waals surface area contributed by atoms with Gasteiger partial charge in [0.05, 0.1) is 0 Å². The highest BCUT2D eigenvalue weighted by Gasteiger charge is 2.30. The van der Waals surface area contributed by atoms with Crippen LogP contribution >= 0.6 is 15.9 Å². The molecule has 1 aromatic rings. The van der Waals surface area contributed by atoms with Crippen LogP contribution < -0.4 is 5.32 Å². The van der Waals surface area contributed by atoms with Crippen LogP contribution in [0.4, 0.5) is 0 Å². The van der Waals surface area contributed by atoms with Gasteiger partial charge in [-0.15, -0.1) is 0 Å². The molecule has 17 heavy (non-hydrogen) atoms. The van der Waals surface area contributed by atoms with Crippen molar-refractivity contribution in [1.29, 1.82) is 0 Å². The fraction of sp³-hybridized carbons (Fsp3) is 0.600. The molecule has 1 unspecified atom stereocenters. The molecule has 0 bridgehead atoms. The zero-order valence-electron chi connectivity index (χ0n) is 10.6. The van der Waals surface area contributed by atoms with Gasteiger partial charge < -0.3 is 5.32 Å². The fourth-order valence-electron chi connectivity index (χ4n) is 2.34. The number of rotatable bonds is 7. The molecule has 1 atom stereocenters. The van der Waals surface area contributed by atoms with Crippen LogP contribution in [0.1, 0.15) is 38.2 Å². The van der Waals surface area contributed by atoms with Gasteiger partial charge in [-0.05, 0) is 56.2 Å². The van der Waals surface area contributed by atoms with Crippen molar-refractivity contribution in [2.24, 2.45) is 5.92 Å². The van der Waals surface area contributed by atoms with E-state index in [2.05, 4.69) is 52.4 Å². The molecule has 1 aliphatic carbocycles. The average Bonchev–Trinajstić information content (AvgIpc) is 3.15. The van der Waals surface area contributed by atoms with Gasteiger partial charge in [0.15, 0.2) is 0 Å². The van der Waals surface area contributed by atoms with Crippen LogP contribution in [0.25, 0.3) is 0 Å². The second-order valence-electron chi connectivity index (χ2n) is 5.03. The molecule has 0 amide bonds. The molecule has 94 valence electrons. The predicted molar refractivity (Wildman–Crippen MR) is 77.3 cm³/mol. The molecule has 2 heteroatoms. The van der Waals surface area contributed by atoms with Crippen LogP contribution in [0.5, 0.6) is 0 Å². The topological polar surface area (TPSA) is 12.0 Å². The maximum absolute atomic E-state index is 3.71. The van der Waals surface area contributed by atoms with Crippen LogP contribution in [-0.2, 0) is 6.42 Å². The average molecular weight is 296 g/mol. The highest BCUT2D eigenvalue weighted by molar-refractivity contribution is 9.10. The van der Waals surface area contributed by atoms with E-state index in [4.69, 9.17) is 0 Å². The summed E-state index contributed by atoms with van der Waals surface area (Å²) < 4.78 is 1.25. The third-order valence-corrected chi connectivity index (χ3v) is 4.30. The van der Waals surface area contributed by atoms with Crippen molar-refractivity contribution in [2.45, 2.75) is 45.1 Å². The van der Waals surface area contributed by atoms with E-state index in [0.29, 0.717) is 0 Å². The molecule has 0 radical (unpaired) electrons. The van der Waals surface area contributed by atoms with Crippen molar-refractivity contribution in [3.8, 4) is 0 Å². The predicted octanol–water partition coefficient (Wildman–Crippen LogP) is 4.16. The van der Waals surface area contributed by atoms with Gasteiger partial charge in [0.25, 0.3) is 0 Å². The van der Waals surface area contributed by atoms with Gasteiger partial charge in [-0.25, -0.2) is 0 Å². The van der Waals surface area contributed by atoms with Gasteiger partial charge >= 0.3 is 0 Å². The second kappa shape index (κ2) is 6.55. The molecular formula is C15H22BrN. The Hall–Kier alpha value is -0.340. The van der Waals surface area contributed by atoms with Crippen molar-refractivity contribution >= 4 is 15.9 Å². The van der Waals surface area contributed by atoms with E-state index in [0.717, 1.165) is 18.5 Å². The lowest BCUT2D eigenvalue weighted by Gasteiger charge is -2.18. The van der Waals surface area contributed by atoms with Gasteiger partial charge in [-0.1, -0.05) is 41.1 Å². The lowest BCUT2D eigenvalue weighted by Crippen LogP contribution is -2.32. The van der Waals surface area contributed by atoms with Gasteiger partial charge in [0.2, 0.25) is 0 Å². The maximum Gasteiger partial charge on any atom is 0.0207 e. The smallest absolute Gasteiger partial charge is 0.0207 e. The maximum atomic E-state index is 3.71. The summed E-state index contributed by atoms with van der Waals surface area (Å²) in [6.07, 6.45) is 6.54. The van der Waals surface area contributed by atoms with E-state index >= 15 is 0 Å². The molecule has 1 aromatic carbocycles. The summed E-state index contributed by atoms with van der Waals surface area (Å²) in [5, 5.41) is 3.71. The molecule has 1 saturated carbocycles. The quantitative estimate of drug-likeness (QED) is 0.796. The molecule has 0 aliphatic heterocycles. The molecule has 0 heterocycles. The summed E-state index contributed by atoms with van der Waals surface area (Å²) in [5.41, 5.74) is 1.44. The van der Waals surface area contributed by atoms with Gasteiger partial charge in [0, 0.05) is 10.5 Å². The molecule has 0 saturated heterocycles. The van der Waals surface area contributed by atoms with Crippen LogP contribution in [0.2, 0.25) is 0 Å². The summed E-state index contributed by atoms with van der Waals surface area (Å²) in [6.45, 7) is 3.40. The van der Waals surface area contributed by atoms with E-state index < -0.39 is 0 Å². The van der Waals surface area contributed by atoms with Crippen molar-refractivity contribution in [3.63, 3.8) is 0 Å². The largest absolute Gasteiger partial charge is 0.314 e. The third kappa shape index (κ3) is 4.11. The van der Waals surface area contributed by atoms with Crippen molar-refractivity contribution in [3.05, 3.63) is 34.3 Å². The first-order chi connectivity index (χ1) is 8.31. The standard InChI is InChI=1S/C15H22BrN/c1-2-11-17-15(13-7-8-13)10-9-12-5-3-4-6-14(12)16/h3-6,13,15,17H,2,7-11H2,1H3. The van der Waals surface area contributed by atoms with Crippen LogP contribution in [-0.4, -0.2) is 12.6 Å². The monoisotopic (exact) mass is 295 g/mol. The lowest BCUT2D eigenvalue weighted by atomic mass is 10.0. The van der Waals surface area contributed by atoms with E-state index in [1.54, 1.807) is 0 Å². The molecule has 2 rings (SSSR count). The molecule has 0 spiro atoms. The minimum Gasteiger partial charge on any atom is -0.314 e. The van der Waals surface area contributed by atoms with Crippen molar-refractivity contribution < 1.29 is 0 Å². The van der Waals surface area contributed by atoms with Crippen molar-refractivity contribution in [2.75, 3.05) is 6.54 Å². The van der Waals surface area contributed by atoms with E-state index in [1.165, 1.54) is 42.1 Å². The Bertz CT molecular complexity index is 347. The van der Waals surface area contributed by atoms with E-state index in [-0.39, 0.29) is 0 Å². The van der Waals surface area contributed by atoms with Gasteiger partial charge in [-0.3, -0.25) is 0 Å². The van der Waals surface area contributed by atoms with Crippen LogP contribution in [0, 0.1) is 5.92 Å². The van der Waals surface area contributed by atoms with E-state index in [9.17, 15) is 0 Å². The normalized spacial score (nSPS) is 17.1. The Kier molecular flexibility index (Phi) is 5.05. The molecule has 1 fully saturated rings. The molecule has 0 aromatic heterocycles. The number of hydrogen-bond acceptors (Lipinski definition) is 1. The highest BCUT2D eigenvalue weighted by atomic mass is 79.9. The Balaban J connectivity index is 1.84. The van der Waals surface area contributed by atoms with Crippen LogP contribution in [0.15, 0.2) is 28.7 Å². The van der Waals surface area contributed by atoms with E-state index in [1.807, 2.05) is 0 Å². The van der Waals surface area contributed by atoms with Gasteiger partial charge in [0.1, 0.15) is 0 Å². The van der Waals surface area contributed by atoms with Crippen LogP contribution in [0.3, 0.4) is 0 Å². The molecular weight excluding hydrogens is 274 g/mol. The second-order valence-corrected chi connectivity index (χ2v) is 5.88. The van der Waals surface area contributed by atoms with Crippen molar-refractivity contribution in [1.82, 2.24) is 5.32 Å². The number of nitrogens with one attached hydrogen (secondary N) is 1. The molecule has 1 aliphatic rings.